The van der Waals surface area contributed by atoms with E-state index >= 15 is 0 Å². The van der Waals surface area contributed by atoms with Crippen LogP contribution in [-0.2, 0) is 21.2 Å². The van der Waals surface area contributed by atoms with Gasteiger partial charge in [-0.25, -0.2) is 13.2 Å². The molecule has 0 aliphatic carbocycles. The molecule has 1 aliphatic rings. The number of ketones is 1. The molecule has 3 rings (SSSR count). The molecule has 142 valence electrons. The van der Waals surface area contributed by atoms with Crippen molar-refractivity contribution in [3.05, 3.63) is 59.2 Å². The van der Waals surface area contributed by atoms with Crippen LogP contribution in [0.1, 0.15) is 26.3 Å². The van der Waals surface area contributed by atoms with Crippen molar-refractivity contribution >= 4 is 27.5 Å². The maximum absolute atomic E-state index is 12.4. The summed E-state index contributed by atoms with van der Waals surface area (Å²) in [5, 5.41) is 0. The zero-order valence-corrected chi connectivity index (χ0v) is 15.8. The van der Waals surface area contributed by atoms with Gasteiger partial charge in [0.2, 0.25) is 10.0 Å². The van der Waals surface area contributed by atoms with Crippen LogP contribution in [0.15, 0.2) is 42.5 Å². The molecule has 0 unspecified atom stereocenters. The summed E-state index contributed by atoms with van der Waals surface area (Å²) >= 11 is 0. The lowest BCUT2D eigenvalue weighted by Crippen LogP contribution is -2.27. The van der Waals surface area contributed by atoms with Crippen LogP contribution < -0.4 is 9.04 Å². The normalized spacial score (nSPS) is 13.2. The van der Waals surface area contributed by atoms with Crippen LogP contribution in [-0.4, -0.2) is 46.7 Å². The Bertz CT molecular complexity index is 999. The summed E-state index contributed by atoms with van der Waals surface area (Å²) in [5.41, 5.74) is 1.98. The van der Waals surface area contributed by atoms with E-state index in [1.165, 1.54) is 11.4 Å². The molecule has 0 N–H and O–H groups in total. The first-order valence-electron chi connectivity index (χ1n) is 8.25. The molecule has 2 aromatic carbocycles. The molecule has 0 bridgehead atoms. The van der Waals surface area contributed by atoms with Crippen LogP contribution in [0.4, 0.5) is 5.69 Å². The zero-order valence-electron chi connectivity index (χ0n) is 15.0. The minimum atomic E-state index is -3.34. The standard InChI is InChI=1S/C19H19NO6S/c1-25-18-6-4-3-5-15(18)19(22)26-12-17(21)14-7-8-16-13(11-14)9-10-20(16)27(2,23)24/h3-8,11H,9-10,12H2,1-2H3. The fourth-order valence-corrected chi connectivity index (χ4v) is 3.95. The van der Waals surface area contributed by atoms with Gasteiger partial charge in [0.05, 0.1) is 19.1 Å². The highest BCUT2D eigenvalue weighted by Crippen LogP contribution is 2.30. The van der Waals surface area contributed by atoms with Gasteiger partial charge in [-0.15, -0.1) is 0 Å². The van der Waals surface area contributed by atoms with Gasteiger partial charge in [-0.05, 0) is 42.3 Å². The first-order valence-corrected chi connectivity index (χ1v) is 10.1. The fourth-order valence-electron chi connectivity index (χ4n) is 2.99. The van der Waals surface area contributed by atoms with Crippen molar-refractivity contribution in [2.45, 2.75) is 6.42 Å². The number of ether oxygens (including phenoxy) is 2. The second kappa shape index (κ2) is 7.40. The van der Waals surface area contributed by atoms with Crippen molar-refractivity contribution in [3.63, 3.8) is 0 Å². The molecule has 8 heteroatoms. The zero-order chi connectivity index (χ0) is 19.6. The third-order valence-corrected chi connectivity index (χ3v) is 5.50. The van der Waals surface area contributed by atoms with Crippen molar-refractivity contribution in [2.24, 2.45) is 0 Å². The highest BCUT2D eigenvalue weighted by Gasteiger charge is 2.27. The van der Waals surface area contributed by atoms with Gasteiger partial charge in [0, 0.05) is 12.1 Å². The van der Waals surface area contributed by atoms with Gasteiger partial charge in [-0.2, -0.15) is 0 Å². The van der Waals surface area contributed by atoms with Crippen LogP contribution in [0.5, 0.6) is 5.75 Å². The Hall–Kier alpha value is -2.87. The number of benzene rings is 2. The van der Waals surface area contributed by atoms with Gasteiger partial charge >= 0.3 is 5.97 Å². The van der Waals surface area contributed by atoms with Crippen molar-refractivity contribution < 1.29 is 27.5 Å². The lowest BCUT2D eigenvalue weighted by molar-refractivity contribution is 0.0471. The highest BCUT2D eigenvalue weighted by atomic mass is 32.2. The molecule has 0 spiro atoms. The Balaban J connectivity index is 1.70. The van der Waals surface area contributed by atoms with Gasteiger partial charge in [0.15, 0.2) is 12.4 Å². The number of Topliss-reactive ketones (excluding diaryl/α,β-unsaturated/α-hetero) is 1. The number of nitrogens with zero attached hydrogens (tertiary/aromatic N) is 1. The molecule has 0 saturated carbocycles. The summed E-state index contributed by atoms with van der Waals surface area (Å²) in [4.78, 5) is 24.5. The van der Waals surface area contributed by atoms with Gasteiger partial charge < -0.3 is 9.47 Å². The van der Waals surface area contributed by atoms with Gasteiger partial charge in [0.1, 0.15) is 11.3 Å². The summed E-state index contributed by atoms with van der Waals surface area (Å²) < 4.78 is 35.1. The number of anilines is 1. The average Bonchev–Trinajstić information content (AvgIpc) is 3.09. The predicted molar refractivity (Wildman–Crippen MR) is 99.9 cm³/mol. The Labute approximate surface area is 157 Å². The van der Waals surface area contributed by atoms with E-state index in [1.54, 1.807) is 42.5 Å². The van der Waals surface area contributed by atoms with E-state index in [9.17, 15) is 18.0 Å². The quantitative estimate of drug-likeness (QED) is 0.555. The smallest absolute Gasteiger partial charge is 0.342 e. The van der Waals surface area contributed by atoms with Crippen molar-refractivity contribution in [2.75, 3.05) is 30.8 Å². The minimum Gasteiger partial charge on any atom is -0.496 e. The topological polar surface area (TPSA) is 90.0 Å². The number of hydrogen-bond donors (Lipinski definition) is 0. The average molecular weight is 389 g/mol. The van der Waals surface area contributed by atoms with Crippen molar-refractivity contribution in [3.8, 4) is 5.75 Å². The molecule has 27 heavy (non-hydrogen) atoms. The lowest BCUT2D eigenvalue weighted by atomic mass is 10.1. The van der Waals surface area contributed by atoms with Crippen LogP contribution in [0.25, 0.3) is 0 Å². The van der Waals surface area contributed by atoms with E-state index in [0.717, 1.165) is 11.8 Å². The molecule has 2 aromatic rings. The maximum Gasteiger partial charge on any atom is 0.342 e. The molecular weight excluding hydrogens is 370 g/mol. The van der Waals surface area contributed by atoms with E-state index in [2.05, 4.69) is 0 Å². The highest BCUT2D eigenvalue weighted by molar-refractivity contribution is 7.92. The molecule has 0 atom stereocenters. The largest absolute Gasteiger partial charge is 0.496 e. The Morgan fingerprint density at radius 1 is 1.15 bits per heavy atom. The monoisotopic (exact) mass is 389 g/mol. The lowest BCUT2D eigenvalue weighted by Gasteiger charge is -2.16. The molecule has 0 saturated heterocycles. The first kappa shape index (κ1) is 18.9. The van der Waals surface area contributed by atoms with Crippen LogP contribution in [0.2, 0.25) is 0 Å². The summed E-state index contributed by atoms with van der Waals surface area (Å²) in [5.74, 6) is -0.641. The molecule has 1 aliphatic heterocycles. The minimum absolute atomic E-state index is 0.241. The molecule has 1 heterocycles. The Morgan fingerprint density at radius 2 is 1.89 bits per heavy atom. The summed E-state index contributed by atoms with van der Waals surface area (Å²) in [7, 11) is -1.89. The SMILES string of the molecule is COc1ccccc1C(=O)OCC(=O)c1ccc2c(c1)CCN2S(C)(=O)=O. The Kier molecular flexibility index (Phi) is 5.18. The summed E-state index contributed by atoms with van der Waals surface area (Å²) in [6.07, 6.45) is 1.68. The Morgan fingerprint density at radius 3 is 2.59 bits per heavy atom. The molecule has 0 radical (unpaired) electrons. The number of methoxy groups -OCH3 is 1. The second-order valence-corrected chi connectivity index (χ2v) is 8.04. The van der Waals surface area contributed by atoms with Crippen molar-refractivity contribution in [1.29, 1.82) is 0 Å². The van der Waals surface area contributed by atoms with E-state index in [-0.39, 0.29) is 11.3 Å². The predicted octanol–water partition coefficient (Wildman–Crippen LogP) is 2.06. The molecule has 0 amide bonds. The van der Waals surface area contributed by atoms with Gasteiger partial charge in [0.25, 0.3) is 0 Å². The third-order valence-electron chi connectivity index (χ3n) is 4.32. The first-order chi connectivity index (χ1) is 12.8. The summed E-state index contributed by atoms with van der Waals surface area (Å²) in [6, 6.07) is 11.4. The van der Waals surface area contributed by atoms with Crippen molar-refractivity contribution in [1.82, 2.24) is 0 Å². The van der Waals surface area contributed by atoms with Gasteiger partial charge in [-0.1, -0.05) is 12.1 Å². The number of esters is 1. The summed E-state index contributed by atoms with van der Waals surface area (Å²) in [6.45, 7) is -0.0555. The number of para-hydroxylation sites is 1. The second-order valence-electron chi connectivity index (χ2n) is 6.13. The maximum atomic E-state index is 12.4. The van der Waals surface area contributed by atoms with E-state index in [0.29, 0.717) is 30.0 Å². The van der Waals surface area contributed by atoms with E-state index < -0.39 is 22.6 Å². The van der Waals surface area contributed by atoms with Crippen LogP contribution in [0, 0.1) is 0 Å². The van der Waals surface area contributed by atoms with E-state index in [1.807, 2.05) is 0 Å². The number of carbonyl (C=O) groups excluding carboxylic acids is 2. The number of rotatable bonds is 6. The third kappa shape index (κ3) is 3.95. The van der Waals surface area contributed by atoms with Crippen LogP contribution in [0.3, 0.4) is 0 Å². The van der Waals surface area contributed by atoms with Crippen LogP contribution >= 0.6 is 0 Å². The number of hydrogen-bond acceptors (Lipinski definition) is 6. The fraction of sp³-hybridized carbons (Fsp3) is 0.263. The number of sulfonamides is 1. The molecule has 0 aromatic heterocycles. The molecular formula is C19H19NO6S. The molecule has 7 nitrogen and oxygen atoms in total. The molecule has 0 fully saturated rings. The van der Waals surface area contributed by atoms with Gasteiger partial charge in [-0.3, -0.25) is 9.10 Å². The number of fused-ring (bicyclic) bond motifs is 1. The number of carbonyl (C=O) groups is 2. The van der Waals surface area contributed by atoms with E-state index in [4.69, 9.17) is 9.47 Å².